The van der Waals surface area contributed by atoms with Crippen molar-refractivity contribution >= 4 is 35.1 Å². The maximum absolute atomic E-state index is 9.77. The Hall–Kier alpha value is -1.46. The molecule has 2 fully saturated rings. The van der Waals surface area contributed by atoms with Gasteiger partial charge in [0.25, 0.3) is 0 Å². The number of ether oxygens (including phenoxy) is 1. The highest BCUT2D eigenvalue weighted by molar-refractivity contribution is 6.34. The zero-order valence-corrected chi connectivity index (χ0v) is 18.5. The SMILES string of the molecule is NC[C@@H]1CC[N+](Cc2cc(Cl)cc(Cl)c2)([C@H]2CCOC2)C1.O=C(O)C(O)C(O)C(=O)O. The maximum atomic E-state index is 9.77. The Morgan fingerprint density at radius 2 is 1.68 bits per heavy atom. The minimum Gasteiger partial charge on any atom is -0.479 e. The number of likely N-dealkylation sites (tertiary alicyclic amines) is 1. The molecule has 9 nitrogen and oxygen atoms in total. The van der Waals surface area contributed by atoms with Crippen molar-refractivity contribution in [3.05, 3.63) is 33.8 Å². The first-order valence-corrected chi connectivity index (χ1v) is 10.7. The number of nitrogens with two attached hydrogens (primary N) is 1. The van der Waals surface area contributed by atoms with E-state index in [-0.39, 0.29) is 0 Å². The van der Waals surface area contributed by atoms with Crippen LogP contribution in [0.2, 0.25) is 10.0 Å². The van der Waals surface area contributed by atoms with Gasteiger partial charge in [0.2, 0.25) is 0 Å². The van der Waals surface area contributed by atoms with Gasteiger partial charge in [-0.25, -0.2) is 9.59 Å². The van der Waals surface area contributed by atoms with Crippen LogP contribution in [0.15, 0.2) is 18.2 Å². The largest absolute Gasteiger partial charge is 0.479 e. The topological polar surface area (TPSA) is 150 Å². The quantitative estimate of drug-likeness (QED) is 0.362. The number of rotatable bonds is 7. The Labute approximate surface area is 190 Å². The monoisotopic (exact) mass is 479 g/mol. The van der Waals surface area contributed by atoms with Crippen LogP contribution in [0.25, 0.3) is 0 Å². The lowest BCUT2D eigenvalue weighted by Gasteiger charge is -2.40. The number of quaternary nitrogens is 1. The van der Waals surface area contributed by atoms with E-state index in [1.54, 1.807) is 6.07 Å². The average molecular weight is 480 g/mol. The van der Waals surface area contributed by atoms with E-state index in [9.17, 15) is 9.59 Å². The number of hydrogen-bond donors (Lipinski definition) is 5. The van der Waals surface area contributed by atoms with Crippen molar-refractivity contribution < 1.29 is 39.2 Å². The highest BCUT2D eigenvalue weighted by Crippen LogP contribution is 2.34. The van der Waals surface area contributed by atoms with Gasteiger partial charge in [-0.2, -0.15) is 0 Å². The summed E-state index contributed by atoms with van der Waals surface area (Å²) in [5, 5.41) is 34.0. The molecular formula is C20H29Cl2N2O7+. The molecule has 2 saturated heterocycles. The fraction of sp³-hybridized carbons (Fsp3) is 0.600. The minimum atomic E-state index is -2.27. The van der Waals surface area contributed by atoms with Gasteiger partial charge in [0.1, 0.15) is 12.6 Å². The molecule has 11 heteroatoms. The number of carboxylic acids is 2. The minimum absolute atomic E-state index is 0.583. The normalized spacial score (nSPS) is 27.3. The fourth-order valence-electron chi connectivity index (χ4n) is 4.22. The molecule has 0 saturated carbocycles. The van der Waals surface area contributed by atoms with Crippen molar-refractivity contribution in [2.24, 2.45) is 11.7 Å². The van der Waals surface area contributed by atoms with Crippen molar-refractivity contribution in [1.82, 2.24) is 0 Å². The van der Waals surface area contributed by atoms with Crippen molar-refractivity contribution in [3.63, 3.8) is 0 Å². The zero-order valence-electron chi connectivity index (χ0n) is 17.0. The van der Waals surface area contributed by atoms with Crippen molar-refractivity contribution in [3.8, 4) is 0 Å². The van der Waals surface area contributed by atoms with E-state index in [4.69, 9.17) is 54.1 Å². The second kappa shape index (κ2) is 11.4. The summed E-state index contributed by atoms with van der Waals surface area (Å²) < 4.78 is 6.73. The standard InChI is InChI=1S/C16H23Cl2N2O.C4H6O6/c17-14-5-13(6-15(18)7-14)10-20(16-2-4-21-11-16)3-1-12(8-19)9-20;5-1(3(7)8)2(6)4(9)10/h5-7,12,16H,1-4,8-11,19H2;1-2,5-6H,(H,7,8)(H,9,10)/q+1;/t12-,16-,20?;/m0./s1. The van der Waals surface area contributed by atoms with E-state index >= 15 is 0 Å². The third-order valence-corrected chi connectivity index (χ3v) is 6.28. The van der Waals surface area contributed by atoms with Gasteiger partial charge < -0.3 is 35.4 Å². The number of hydrogen-bond acceptors (Lipinski definition) is 6. The van der Waals surface area contributed by atoms with Crippen LogP contribution >= 0.6 is 23.2 Å². The lowest BCUT2D eigenvalue weighted by molar-refractivity contribution is -0.952. The molecule has 6 N–H and O–H groups in total. The van der Waals surface area contributed by atoms with E-state index in [2.05, 4.69) is 0 Å². The molecule has 1 aromatic rings. The fourth-order valence-corrected chi connectivity index (χ4v) is 4.79. The summed E-state index contributed by atoms with van der Waals surface area (Å²) in [7, 11) is 0. The van der Waals surface area contributed by atoms with Crippen LogP contribution in [0.1, 0.15) is 18.4 Å². The van der Waals surface area contributed by atoms with Crippen LogP contribution in [0, 0.1) is 5.92 Å². The van der Waals surface area contributed by atoms with Crippen LogP contribution in [0.4, 0.5) is 0 Å². The molecule has 174 valence electrons. The molecule has 3 rings (SSSR count). The predicted molar refractivity (Wildman–Crippen MR) is 114 cm³/mol. The van der Waals surface area contributed by atoms with Crippen molar-refractivity contribution in [1.29, 1.82) is 0 Å². The Kier molecular flexibility index (Phi) is 9.50. The molecule has 1 aromatic carbocycles. The van der Waals surface area contributed by atoms with Crippen molar-refractivity contribution in [2.75, 3.05) is 32.8 Å². The summed E-state index contributed by atoms with van der Waals surface area (Å²) in [6, 6.07) is 6.46. The number of aliphatic hydroxyl groups excluding tert-OH is 2. The third kappa shape index (κ3) is 7.01. The van der Waals surface area contributed by atoms with Crippen LogP contribution < -0.4 is 5.73 Å². The molecule has 2 aliphatic rings. The van der Waals surface area contributed by atoms with Gasteiger partial charge in [-0.05, 0) is 18.2 Å². The lowest BCUT2D eigenvalue weighted by atomic mass is 10.1. The highest BCUT2D eigenvalue weighted by atomic mass is 35.5. The number of aliphatic hydroxyl groups is 2. The maximum Gasteiger partial charge on any atom is 0.335 e. The van der Waals surface area contributed by atoms with Gasteiger partial charge in [0, 0.05) is 40.9 Å². The summed E-state index contributed by atoms with van der Waals surface area (Å²) in [5.74, 6) is -2.91. The molecular weight excluding hydrogens is 451 g/mol. The van der Waals surface area contributed by atoms with E-state index in [0.29, 0.717) is 22.0 Å². The van der Waals surface area contributed by atoms with Gasteiger partial charge in [0.15, 0.2) is 12.2 Å². The molecule has 2 heterocycles. The smallest absolute Gasteiger partial charge is 0.335 e. The summed E-state index contributed by atoms with van der Waals surface area (Å²) in [6.45, 7) is 5.84. The Morgan fingerprint density at radius 1 is 1.10 bits per heavy atom. The molecule has 0 spiro atoms. The highest BCUT2D eigenvalue weighted by Gasteiger charge is 2.45. The van der Waals surface area contributed by atoms with E-state index in [1.807, 2.05) is 12.1 Å². The Balaban J connectivity index is 0.000000291. The molecule has 0 aromatic heterocycles. The molecule has 5 atom stereocenters. The molecule has 0 bridgehead atoms. The number of carbonyl (C=O) groups is 2. The lowest BCUT2D eigenvalue weighted by Crippen LogP contribution is -2.53. The van der Waals surface area contributed by atoms with Crippen LogP contribution in [-0.2, 0) is 20.9 Å². The third-order valence-electron chi connectivity index (χ3n) is 5.84. The summed E-state index contributed by atoms with van der Waals surface area (Å²) in [6.07, 6.45) is -2.18. The van der Waals surface area contributed by atoms with E-state index in [0.717, 1.165) is 43.8 Å². The zero-order chi connectivity index (χ0) is 23.2. The molecule has 0 aliphatic carbocycles. The first-order chi connectivity index (χ1) is 14.6. The van der Waals surface area contributed by atoms with Gasteiger partial charge in [0.05, 0.1) is 26.3 Å². The summed E-state index contributed by atoms with van der Waals surface area (Å²) in [5.41, 5.74) is 7.13. The predicted octanol–water partition coefficient (Wildman–Crippen LogP) is 0.955. The molecule has 0 radical (unpaired) electrons. The second-order valence-electron chi connectivity index (χ2n) is 8.03. The van der Waals surface area contributed by atoms with Gasteiger partial charge in [-0.1, -0.05) is 23.2 Å². The number of aliphatic carboxylic acids is 2. The first kappa shape index (κ1) is 25.8. The number of benzene rings is 1. The molecule has 31 heavy (non-hydrogen) atoms. The summed E-state index contributed by atoms with van der Waals surface area (Å²) >= 11 is 12.3. The Bertz CT molecular complexity index is 738. The second-order valence-corrected chi connectivity index (χ2v) is 8.91. The number of halogens is 2. The summed E-state index contributed by atoms with van der Waals surface area (Å²) in [4.78, 5) is 19.5. The van der Waals surface area contributed by atoms with Crippen LogP contribution in [-0.4, -0.2) is 87.9 Å². The number of carboxylic acid groups (broad SMARTS) is 2. The molecule has 3 unspecified atom stereocenters. The molecule has 2 aliphatic heterocycles. The van der Waals surface area contributed by atoms with Crippen LogP contribution in [0.3, 0.4) is 0 Å². The Morgan fingerprint density at radius 3 is 2.10 bits per heavy atom. The van der Waals surface area contributed by atoms with Gasteiger partial charge in [-0.3, -0.25) is 0 Å². The first-order valence-electron chi connectivity index (χ1n) is 9.98. The van der Waals surface area contributed by atoms with Crippen molar-refractivity contribution in [2.45, 2.75) is 37.6 Å². The van der Waals surface area contributed by atoms with Crippen LogP contribution in [0.5, 0.6) is 0 Å². The van der Waals surface area contributed by atoms with E-state index < -0.39 is 24.1 Å². The average Bonchev–Trinajstić information content (AvgIpc) is 3.37. The van der Waals surface area contributed by atoms with Gasteiger partial charge >= 0.3 is 11.9 Å². The molecule has 0 amide bonds. The number of nitrogens with zero attached hydrogens (tertiary/aromatic N) is 1. The van der Waals surface area contributed by atoms with E-state index in [1.165, 1.54) is 18.5 Å². The van der Waals surface area contributed by atoms with Gasteiger partial charge in [-0.15, -0.1) is 0 Å².